The molecular weight excluding hydrogens is 354 g/mol. The van der Waals surface area contributed by atoms with E-state index >= 15 is 0 Å². The maximum Gasteiger partial charge on any atom is 0.305 e. The van der Waals surface area contributed by atoms with Crippen molar-refractivity contribution in [3.8, 4) is 0 Å². The quantitative estimate of drug-likeness (QED) is 0.808. The predicted octanol–water partition coefficient (Wildman–Crippen LogP) is 2.65. The molecule has 0 aliphatic carbocycles. The zero-order valence-corrected chi connectivity index (χ0v) is 15.6. The van der Waals surface area contributed by atoms with E-state index in [2.05, 4.69) is 5.32 Å². The van der Waals surface area contributed by atoms with Gasteiger partial charge in [-0.05, 0) is 42.7 Å². The first kappa shape index (κ1) is 19.7. The van der Waals surface area contributed by atoms with Crippen molar-refractivity contribution >= 4 is 21.7 Å². The Morgan fingerprint density at radius 1 is 1.08 bits per heavy atom. The molecule has 2 N–H and O–H groups in total. The van der Waals surface area contributed by atoms with Crippen LogP contribution in [0.25, 0.3) is 0 Å². The summed E-state index contributed by atoms with van der Waals surface area (Å²) in [4.78, 5) is 24.0. The van der Waals surface area contributed by atoms with Crippen LogP contribution in [0.2, 0.25) is 0 Å². The van der Waals surface area contributed by atoms with Crippen LogP contribution in [-0.4, -0.2) is 31.7 Å². The lowest BCUT2D eigenvalue weighted by Crippen LogP contribution is -2.31. The number of carbonyl (C=O) groups excluding carboxylic acids is 1. The van der Waals surface area contributed by atoms with Crippen molar-refractivity contribution in [1.29, 1.82) is 0 Å². The van der Waals surface area contributed by atoms with Crippen LogP contribution in [0.3, 0.4) is 0 Å². The number of amides is 1. The van der Waals surface area contributed by atoms with Gasteiger partial charge in [-0.3, -0.25) is 9.59 Å². The van der Waals surface area contributed by atoms with Gasteiger partial charge < -0.3 is 10.4 Å². The Kier molecular flexibility index (Phi) is 5.82. The van der Waals surface area contributed by atoms with Crippen molar-refractivity contribution in [2.45, 2.75) is 31.2 Å². The Bertz CT molecular complexity index is 950. The first-order valence-electron chi connectivity index (χ1n) is 7.98. The molecular formula is C19H21NO5S. The highest BCUT2D eigenvalue weighted by molar-refractivity contribution is 7.90. The zero-order valence-electron chi connectivity index (χ0n) is 14.8. The van der Waals surface area contributed by atoms with E-state index in [0.29, 0.717) is 11.1 Å². The highest BCUT2D eigenvalue weighted by Gasteiger charge is 2.22. The molecule has 1 unspecified atom stereocenters. The minimum Gasteiger partial charge on any atom is -0.481 e. The standard InChI is InChI=1S/C19H21NO5S/c1-12-6-4-5-7-15(12)17(11-18(21)22)20-19(23)16-10-14(26(3,24)25)9-8-13(16)2/h4-10,17H,11H2,1-3H3,(H,20,23)(H,21,22). The van der Waals surface area contributed by atoms with Crippen LogP contribution in [-0.2, 0) is 14.6 Å². The third kappa shape index (κ3) is 4.70. The van der Waals surface area contributed by atoms with E-state index in [4.69, 9.17) is 0 Å². The van der Waals surface area contributed by atoms with Gasteiger partial charge in [0.2, 0.25) is 0 Å². The van der Waals surface area contributed by atoms with Gasteiger partial charge in [-0.25, -0.2) is 8.42 Å². The van der Waals surface area contributed by atoms with Gasteiger partial charge >= 0.3 is 5.97 Å². The van der Waals surface area contributed by atoms with Crippen LogP contribution in [0.15, 0.2) is 47.4 Å². The summed E-state index contributed by atoms with van der Waals surface area (Å²) in [5.41, 5.74) is 2.38. The van der Waals surface area contributed by atoms with Gasteiger partial charge in [0.1, 0.15) is 0 Å². The molecule has 7 heteroatoms. The number of carboxylic acids is 1. The summed E-state index contributed by atoms with van der Waals surface area (Å²) in [5, 5.41) is 11.9. The monoisotopic (exact) mass is 375 g/mol. The van der Waals surface area contributed by atoms with Gasteiger partial charge in [0, 0.05) is 11.8 Å². The van der Waals surface area contributed by atoms with Gasteiger partial charge in [0.25, 0.3) is 5.91 Å². The largest absolute Gasteiger partial charge is 0.481 e. The third-order valence-corrected chi connectivity index (χ3v) is 5.24. The molecule has 2 aromatic carbocycles. The van der Waals surface area contributed by atoms with Gasteiger partial charge in [0.05, 0.1) is 17.4 Å². The van der Waals surface area contributed by atoms with Gasteiger partial charge in [-0.2, -0.15) is 0 Å². The molecule has 1 amide bonds. The fourth-order valence-electron chi connectivity index (χ4n) is 2.70. The average molecular weight is 375 g/mol. The summed E-state index contributed by atoms with van der Waals surface area (Å²) in [6.07, 6.45) is 0.793. The fraction of sp³-hybridized carbons (Fsp3) is 0.263. The van der Waals surface area contributed by atoms with Crippen molar-refractivity contribution < 1.29 is 23.1 Å². The van der Waals surface area contributed by atoms with Crippen molar-refractivity contribution in [3.05, 3.63) is 64.7 Å². The molecule has 26 heavy (non-hydrogen) atoms. The molecule has 2 rings (SSSR count). The Balaban J connectivity index is 2.39. The maximum atomic E-state index is 12.7. The Morgan fingerprint density at radius 3 is 2.31 bits per heavy atom. The molecule has 0 heterocycles. The minimum atomic E-state index is -3.46. The number of nitrogens with one attached hydrogen (secondary N) is 1. The lowest BCUT2D eigenvalue weighted by atomic mass is 9.98. The summed E-state index contributed by atoms with van der Waals surface area (Å²) < 4.78 is 23.5. The van der Waals surface area contributed by atoms with E-state index in [1.807, 2.05) is 19.1 Å². The highest BCUT2D eigenvalue weighted by Crippen LogP contribution is 2.22. The van der Waals surface area contributed by atoms with Crippen molar-refractivity contribution in [2.24, 2.45) is 0 Å². The van der Waals surface area contributed by atoms with Crippen LogP contribution in [0.1, 0.15) is 39.5 Å². The predicted molar refractivity (Wildman–Crippen MR) is 97.9 cm³/mol. The summed E-state index contributed by atoms with van der Waals surface area (Å²) in [6.45, 7) is 3.53. The number of hydrogen-bond donors (Lipinski definition) is 2. The molecule has 0 bridgehead atoms. The summed E-state index contributed by atoms with van der Waals surface area (Å²) in [5.74, 6) is -1.55. The maximum absolute atomic E-state index is 12.7. The van der Waals surface area contributed by atoms with Gasteiger partial charge in [-0.1, -0.05) is 30.3 Å². The van der Waals surface area contributed by atoms with Crippen LogP contribution in [0.4, 0.5) is 0 Å². The molecule has 0 aliphatic heterocycles. The number of rotatable bonds is 6. The van der Waals surface area contributed by atoms with E-state index in [-0.39, 0.29) is 16.9 Å². The highest BCUT2D eigenvalue weighted by atomic mass is 32.2. The lowest BCUT2D eigenvalue weighted by molar-refractivity contribution is -0.137. The number of aryl methyl sites for hydroxylation is 2. The number of hydrogen-bond acceptors (Lipinski definition) is 4. The second-order valence-corrected chi connectivity index (χ2v) is 8.25. The van der Waals surface area contributed by atoms with Gasteiger partial charge in [-0.15, -0.1) is 0 Å². The number of aliphatic carboxylic acids is 1. The van der Waals surface area contributed by atoms with Crippen LogP contribution in [0, 0.1) is 13.8 Å². The third-order valence-electron chi connectivity index (χ3n) is 4.13. The Hall–Kier alpha value is -2.67. The van der Waals surface area contributed by atoms with Gasteiger partial charge in [0.15, 0.2) is 9.84 Å². The second-order valence-electron chi connectivity index (χ2n) is 6.23. The number of sulfone groups is 1. The average Bonchev–Trinajstić information content (AvgIpc) is 2.53. The SMILES string of the molecule is Cc1ccc(S(C)(=O)=O)cc1C(=O)NC(CC(=O)O)c1ccccc1C. The van der Waals surface area contributed by atoms with Crippen LogP contribution >= 0.6 is 0 Å². The van der Waals surface area contributed by atoms with Crippen LogP contribution < -0.4 is 5.32 Å². The smallest absolute Gasteiger partial charge is 0.305 e. The van der Waals surface area contributed by atoms with E-state index in [1.54, 1.807) is 25.1 Å². The van der Waals surface area contributed by atoms with Crippen molar-refractivity contribution in [1.82, 2.24) is 5.32 Å². The summed E-state index contributed by atoms with van der Waals surface area (Å²) in [6, 6.07) is 10.8. The zero-order chi connectivity index (χ0) is 19.5. The van der Waals surface area contributed by atoms with E-state index in [9.17, 15) is 23.1 Å². The molecule has 0 spiro atoms. The summed E-state index contributed by atoms with van der Waals surface area (Å²) in [7, 11) is -3.46. The molecule has 6 nitrogen and oxygen atoms in total. The summed E-state index contributed by atoms with van der Waals surface area (Å²) >= 11 is 0. The number of carboxylic acid groups (broad SMARTS) is 1. The molecule has 0 aliphatic rings. The van der Waals surface area contributed by atoms with E-state index < -0.39 is 27.8 Å². The molecule has 0 fully saturated rings. The fourth-order valence-corrected chi connectivity index (χ4v) is 3.35. The first-order valence-corrected chi connectivity index (χ1v) is 9.87. The van der Waals surface area contributed by atoms with E-state index in [0.717, 1.165) is 11.8 Å². The molecule has 0 saturated heterocycles. The minimum absolute atomic E-state index is 0.0407. The van der Waals surface area contributed by atoms with E-state index in [1.165, 1.54) is 12.1 Å². The van der Waals surface area contributed by atoms with Crippen molar-refractivity contribution in [2.75, 3.05) is 6.26 Å². The van der Waals surface area contributed by atoms with Crippen LogP contribution in [0.5, 0.6) is 0 Å². The lowest BCUT2D eigenvalue weighted by Gasteiger charge is -2.20. The molecule has 138 valence electrons. The molecule has 1 atom stereocenters. The number of carbonyl (C=O) groups is 2. The molecule has 0 saturated carbocycles. The Labute approximate surface area is 152 Å². The molecule has 2 aromatic rings. The first-order chi connectivity index (χ1) is 12.1. The normalized spacial score (nSPS) is 12.4. The van der Waals surface area contributed by atoms with Crippen molar-refractivity contribution in [3.63, 3.8) is 0 Å². The second kappa shape index (κ2) is 7.70. The molecule has 0 aromatic heterocycles. The Morgan fingerprint density at radius 2 is 1.73 bits per heavy atom. The number of benzene rings is 2. The topological polar surface area (TPSA) is 101 Å². The molecule has 0 radical (unpaired) electrons.